The number of hydrogen-bond donors (Lipinski definition) is 1. The molecule has 0 bridgehead atoms. The summed E-state index contributed by atoms with van der Waals surface area (Å²) in [5, 5.41) is 15.8. The SMILES string of the molecule is Cc1cc(C(=O)N[C@@H](C)[C@H](C)c2ncnn2-c2ccc(C#N)cn2)cc(C(F)(F)F)c1. The van der Waals surface area contributed by atoms with Crippen molar-refractivity contribution in [2.24, 2.45) is 0 Å². The second-order valence-corrected chi connectivity index (χ2v) is 7.18. The van der Waals surface area contributed by atoms with Crippen molar-refractivity contribution in [1.29, 1.82) is 5.26 Å². The summed E-state index contributed by atoms with van der Waals surface area (Å²) < 4.78 is 40.7. The molecule has 10 heteroatoms. The third-order valence-corrected chi connectivity index (χ3v) is 4.85. The number of nitrogens with zero attached hydrogens (tertiary/aromatic N) is 5. The fourth-order valence-electron chi connectivity index (χ4n) is 3.03. The van der Waals surface area contributed by atoms with E-state index in [1.807, 2.05) is 13.0 Å². The lowest BCUT2D eigenvalue weighted by molar-refractivity contribution is -0.137. The standard InChI is InChI=1S/C21H19F3N6O/c1-12-6-16(8-17(7-12)21(22,23)24)20(31)29-14(3)13(2)19-27-11-28-30(19)18-5-4-15(9-25)10-26-18/h4-8,10-11,13-14H,1-3H3,(H,29,31)/t13-,14-/m0/s1. The second-order valence-electron chi connectivity index (χ2n) is 7.18. The van der Waals surface area contributed by atoms with Crippen LogP contribution in [0.2, 0.25) is 0 Å². The van der Waals surface area contributed by atoms with Gasteiger partial charge in [0.05, 0.1) is 11.1 Å². The Kier molecular flexibility index (Phi) is 6.06. The largest absolute Gasteiger partial charge is 0.416 e. The van der Waals surface area contributed by atoms with E-state index in [9.17, 15) is 18.0 Å². The molecule has 3 aromatic rings. The van der Waals surface area contributed by atoms with E-state index in [0.29, 0.717) is 22.8 Å². The van der Waals surface area contributed by atoms with Crippen LogP contribution >= 0.6 is 0 Å². The highest BCUT2D eigenvalue weighted by Gasteiger charge is 2.32. The van der Waals surface area contributed by atoms with Crippen LogP contribution in [0, 0.1) is 18.3 Å². The first kappa shape index (κ1) is 22.0. The minimum absolute atomic E-state index is 0.0680. The predicted molar refractivity (Wildman–Crippen MR) is 105 cm³/mol. The zero-order chi connectivity index (χ0) is 22.8. The van der Waals surface area contributed by atoms with E-state index in [4.69, 9.17) is 5.26 Å². The number of alkyl halides is 3. The Morgan fingerprint density at radius 3 is 2.55 bits per heavy atom. The quantitative estimate of drug-likeness (QED) is 0.667. The van der Waals surface area contributed by atoms with Crippen molar-refractivity contribution in [2.45, 2.75) is 38.9 Å². The molecule has 0 fully saturated rings. The molecule has 1 aromatic carbocycles. The molecule has 31 heavy (non-hydrogen) atoms. The lowest BCUT2D eigenvalue weighted by Crippen LogP contribution is -2.37. The first-order valence-electron chi connectivity index (χ1n) is 9.36. The highest BCUT2D eigenvalue weighted by molar-refractivity contribution is 5.94. The molecule has 160 valence electrons. The molecule has 7 nitrogen and oxygen atoms in total. The van der Waals surface area contributed by atoms with Gasteiger partial charge in [-0.2, -0.15) is 28.2 Å². The molecule has 0 saturated heterocycles. The summed E-state index contributed by atoms with van der Waals surface area (Å²) in [4.78, 5) is 21.1. The number of amides is 1. The molecule has 1 amide bonds. The number of nitriles is 1. The van der Waals surface area contributed by atoms with Crippen molar-refractivity contribution < 1.29 is 18.0 Å². The van der Waals surface area contributed by atoms with E-state index in [-0.39, 0.29) is 11.5 Å². The smallest absolute Gasteiger partial charge is 0.349 e. The summed E-state index contributed by atoms with van der Waals surface area (Å²) in [6.45, 7) is 5.05. The maximum absolute atomic E-state index is 13.1. The number of benzene rings is 1. The monoisotopic (exact) mass is 428 g/mol. The summed E-state index contributed by atoms with van der Waals surface area (Å²) in [6.07, 6.45) is -1.78. The Morgan fingerprint density at radius 1 is 1.19 bits per heavy atom. The number of nitrogens with one attached hydrogen (secondary N) is 1. The number of carbonyl (C=O) groups excluding carboxylic acids is 1. The molecule has 0 aliphatic carbocycles. The van der Waals surface area contributed by atoms with Gasteiger partial charge in [0.2, 0.25) is 0 Å². The van der Waals surface area contributed by atoms with Crippen molar-refractivity contribution in [3.05, 3.63) is 70.9 Å². The Labute approximate surface area is 176 Å². The molecule has 0 saturated carbocycles. The first-order valence-corrected chi connectivity index (χ1v) is 9.36. The molecule has 3 rings (SSSR count). The van der Waals surface area contributed by atoms with Crippen LogP contribution in [0.1, 0.15) is 52.6 Å². The maximum atomic E-state index is 13.1. The third-order valence-electron chi connectivity index (χ3n) is 4.85. The van der Waals surface area contributed by atoms with E-state index < -0.39 is 23.7 Å². The number of halogens is 3. The second kappa shape index (κ2) is 8.55. The van der Waals surface area contributed by atoms with Crippen molar-refractivity contribution in [3.8, 4) is 11.9 Å². The van der Waals surface area contributed by atoms with Crippen LogP contribution in [-0.2, 0) is 6.18 Å². The molecule has 2 aromatic heterocycles. The number of aromatic nitrogens is 4. The van der Waals surface area contributed by atoms with Crippen molar-refractivity contribution in [3.63, 3.8) is 0 Å². The van der Waals surface area contributed by atoms with E-state index in [1.54, 1.807) is 19.1 Å². The number of pyridine rings is 1. The number of rotatable bonds is 5. The van der Waals surface area contributed by atoms with Crippen LogP contribution < -0.4 is 5.32 Å². The lowest BCUT2D eigenvalue weighted by atomic mass is 10.0. The van der Waals surface area contributed by atoms with E-state index >= 15 is 0 Å². The average Bonchev–Trinajstić information content (AvgIpc) is 3.21. The highest BCUT2D eigenvalue weighted by Crippen LogP contribution is 2.30. The molecule has 0 spiro atoms. The fourth-order valence-corrected chi connectivity index (χ4v) is 3.03. The normalized spacial score (nSPS) is 13.3. The van der Waals surface area contributed by atoms with Crippen molar-refractivity contribution in [1.82, 2.24) is 25.1 Å². The van der Waals surface area contributed by atoms with Gasteiger partial charge in [-0.25, -0.2) is 9.97 Å². The van der Waals surface area contributed by atoms with Crippen LogP contribution in [0.3, 0.4) is 0 Å². The average molecular weight is 428 g/mol. The Hall–Kier alpha value is -3.74. The molecular formula is C21H19F3N6O. The van der Waals surface area contributed by atoms with Gasteiger partial charge in [-0.15, -0.1) is 0 Å². The zero-order valence-electron chi connectivity index (χ0n) is 17.0. The molecule has 0 radical (unpaired) electrons. The van der Waals surface area contributed by atoms with E-state index in [2.05, 4.69) is 20.4 Å². The van der Waals surface area contributed by atoms with E-state index in [1.165, 1.54) is 30.2 Å². The van der Waals surface area contributed by atoms with Gasteiger partial charge in [-0.05, 0) is 49.7 Å². The number of carbonyl (C=O) groups is 1. The summed E-state index contributed by atoms with van der Waals surface area (Å²) in [7, 11) is 0. The molecule has 1 N–H and O–H groups in total. The minimum Gasteiger partial charge on any atom is -0.349 e. The van der Waals surface area contributed by atoms with Gasteiger partial charge in [-0.3, -0.25) is 4.79 Å². The molecule has 2 heterocycles. The maximum Gasteiger partial charge on any atom is 0.416 e. The lowest BCUT2D eigenvalue weighted by Gasteiger charge is -2.21. The van der Waals surface area contributed by atoms with Gasteiger partial charge in [0.15, 0.2) is 5.82 Å². The van der Waals surface area contributed by atoms with Gasteiger partial charge in [0.1, 0.15) is 18.2 Å². The Morgan fingerprint density at radius 2 is 1.94 bits per heavy atom. The Bertz CT molecular complexity index is 1130. The van der Waals surface area contributed by atoms with Gasteiger partial charge >= 0.3 is 6.18 Å². The number of hydrogen-bond acceptors (Lipinski definition) is 5. The van der Waals surface area contributed by atoms with Crippen LogP contribution in [0.25, 0.3) is 5.82 Å². The van der Waals surface area contributed by atoms with Crippen LogP contribution in [0.5, 0.6) is 0 Å². The highest BCUT2D eigenvalue weighted by atomic mass is 19.4. The third kappa shape index (κ3) is 4.88. The fraction of sp³-hybridized carbons (Fsp3) is 0.286. The molecule has 2 atom stereocenters. The van der Waals surface area contributed by atoms with E-state index in [0.717, 1.165) is 12.1 Å². The predicted octanol–water partition coefficient (Wildman–Crippen LogP) is 3.78. The molecule has 0 aliphatic heterocycles. The Balaban J connectivity index is 1.80. The topological polar surface area (TPSA) is 96.5 Å². The summed E-state index contributed by atoms with van der Waals surface area (Å²) in [6, 6.07) is 7.97. The van der Waals surface area contributed by atoms with Crippen molar-refractivity contribution in [2.75, 3.05) is 0 Å². The number of aryl methyl sites for hydroxylation is 1. The zero-order valence-corrected chi connectivity index (χ0v) is 17.0. The van der Waals surface area contributed by atoms with Gasteiger partial charge in [0, 0.05) is 23.7 Å². The van der Waals surface area contributed by atoms with Crippen LogP contribution in [-0.4, -0.2) is 31.7 Å². The van der Waals surface area contributed by atoms with Gasteiger partial charge in [-0.1, -0.05) is 6.92 Å². The van der Waals surface area contributed by atoms with Crippen LogP contribution in [0.4, 0.5) is 13.2 Å². The van der Waals surface area contributed by atoms with Crippen LogP contribution in [0.15, 0.2) is 42.9 Å². The van der Waals surface area contributed by atoms with Gasteiger partial charge in [0.25, 0.3) is 5.91 Å². The van der Waals surface area contributed by atoms with Crippen molar-refractivity contribution >= 4 is 5.91 Å². The molecule has 0 unspecified atom stereocenters. The summed E-state index contributed by atoms with van der Waals surface area (Å²) in [5.74, 6) is 0.00233. The summed E-state index contributed by atoms with van der Waals surface area (Å²) >= 11 is 0. The first-order chi connectivity index (χ1) is 14.6. The minimum atomic E-state index is -4.54. The van der Waals surface area contributed by atoms with Gasteiger partial charge < -0.3 is 5.32 Å². The molecule has 0 aliphatic rings. The molecular weight excluding hydrogens is 409 g/mol. The summed E-state index contributed by atoms with van der Waals surface area (Å²) in [5.41, 5.74) is -0.200.